The number of likely N-dealkylation sites (tertiary alicyclic amines) is 1. The summed E-state index contributed by atoms with van der Waals surface area (Å²) in [6, 6.07) is 8.05. The number of phenolic OH excluding ortho intramolecular Hbond substituents is 1. The topological polar surface area (TPSA) is 229 Å². The molecule has 0 aromatic heterocycles. The van der Waals surface area contributed by atoms with E-state index in [4.69, 9.17) is 5.73 Å². The zero-order chi connectivity index (χ0) is 40.8. The monoisotopic (exact) mass is 763 g/mol. The van der Waals surface area contributed by atoms with Crippen molar-refractivity contribution in [2.45, 2.75) is 116 Å². The van der Waals surface area contributed by atoms with Crippen molar-refractivity contribution in [2.24, 2.45) is 17.6 Å². The van der Waals surface area contributed by atoms with E-state index in [2.05, 4.69) is 26.6 Å². The van der Waals surface area contributed by atoms with Gasteiger partial charge in [0, 0.05) is 19.4 Å². The fourth-order valence-corrected chi connectivity index (χ4v) is 6.22. The SMILES string of the molecule is CC[C@H](C)[C@H](NC(=O)[C@H](Cc1ccc(O)cc1)NC(=O)[C@H](Cc1ccccc1)NC(=O)[C@H](C)NC(=O)[C@@H](NC(=O)[C@H](C)N)C(C)C)C(=O)N1CCC[C@H]1C=O. The molecule has 2 aromatic rings. The summed E-state index contributed by atoms with van der Waals surface area (Å²) in [6.07, 6.45) is 2.49. The quantitative estimate of drug-likeness (QED) is 0.101. The minimum atomic E-state index is -1.23. The Balaban J connectivity index is 1.89. The van der Waals surface area contributed by atoms with Crippen molar-refractivity contribution >= 4 is 41.7 Å². The van der Waals surface area contributed by atoms with E-state index >= 15 is 0 Å². The lowest BCUT2D eigenvalue weighted by Crippen LogP contribution is -2.60. The Kier molecular flexibility index (Phi) is 16.8. The van der Waals surface area contributed by atoms with E-state index in [1.807, 2.05) is 13.8 Å². The highest BCUT2D eigenvalue weighted by Gasteiger charge is 2.38. The number of hydrogen-bond acceptors (Lipinski definition) is 9. The van der Waals surface area contributed by atoms with Gasteiger partial charge >= 0.3 is 0 Å². The van der Waals surface area contributed by atoms with Crippen molar-refractivity contribution in [1.29, 1.82) is 0 Å². The standard InChI is InChI=1S/C40H57N7O8/c1-7-24(4)34(40(55)47-19-11-14-29(47)22-48)46-38(53)32(21-28-15-17-30(49)18-16-28)44-37(52)31(20-27-12-9-8-10-13-27)43-36(51)26(6)42-39(54)33(23(2)3)45-35(50)25(5)41/h8-10,12-13,15-18,22-26,29,31-34,49H,7,11,14,19-21,41H2,1-6H3,(H,42,54)(H,43,51)(H,44,52)(H,45,50)(H,46,53)/t24-,25-,26-,29-,31-,32-,33-,34-/m0/s1. The predicted octanol–water partition coefficient (Wildman–Crippen LogP) is 0.861. The molecule has 0 radical (unpaired) electrons. The van der Waals surface area contributed by atoms with Gasteiger partial charge < -0.3 is 47.1 Å². The normalized spacial score (nSPS) is 17.7. The molecule has 15 heteroatoms. The van der Waals surface area contributed by atoms with Crippen LogP contribution in [-0.2, 0) is 46.4 Å². The van der Waals surface area contributed by atoms with Gasteiger partial charge in [-0.3, -0.25) is 28.8 Å². The van der Waals surface area contributed by atoms with E-state index < -0.39 is 71.8 Å². The van der Waals surface area contributed by atoms with Crippen LogP contribution < -0.4 is 32.3 Å². The maximum Gasteiger partial charge on any atom is 0.246 e. The number of phenols is 1. The number of aromatic hydroxyl groups is 1. The molecule has 0 unspecified atom stereocenters. The van der Waals surface area contributed by atoms with Crippen molar-refractivity contribution in [2.75, 3.05) is 6.54 Å². The van der Waals surface area contributed by atoms with Crippen LogP contribution in [-0.4, -0.2) is 101 Å². The lowest BCUT2D eigenvalue weighted by Gasteiger charge is -2.31. The van der Waals surface area contributed by atoms with Gasteiger partial charge in [-0.15, -0.1) is 0 Å². The van der Waals surface area contributed by atoms with Gasteiger partial charge in [-0.05, 0) is 61.8 Å². The molecule has 0 bridgehead atoms. The Hall–Kier alpha value is -5.31. The Morgan fingerprint density at radius 1 is 0.745 bits per heavy atom. The van der Waals surface area contributed by atoms with Gasteiger partial charge in [0.05, 0.1) is 12.1 Å². The number of amides is 6. The molecule has 0 saturated carbocycles. The van der Waals surface area contributed by atoms with Crippen LogP contribution in [0.5, 0.6) is 5.75 Å². The molecular weight excluding hydrogens is 706 g/mol. The van der Waals surface area contributed by atoms with Crippen molar-refractivity contribution < 1.29 is 38.7 Å². The molecule has 1 saturated heterocycles. The third kappa shape index (κ3) is 12.9. The van der Waals surface area contributed by atoms with Gasteiger partial charge in [0.25, 0.3) is 0 Å². The minimum Gasteiger partial charge on any atom is -0.508 e. The number of benzene rings is 2. The zero-order valence-electron chi connectivity index (χ0n) is 32.5. The van der Waals surface area contributed by atoms with Crippen LogP contribution in [0.25, 0.3) is 0 Å². The summed E-state index contributed by atoms with van der Waals surface area (Å²) in [7, 11) is 0. The molecule has 1 aliphatic heterocycles. The van der Waals surface area contributed by atoms with E-state index in [1.54, 1.807) is 56.3 Å². The van der Waals surface area contributed by atoms with Gasteiger partial charge in [-0.25, -0.2) is 0 Å². The number of nitrogens with zero attached hydrogens (tertiary/aromatic N) is 1. The maximum absolute atomic E-state index is 14.2. The van der Waals surface area contributed by atoms with E-state index in [-0.39, 0.29) is 36.3 Å². The number of rotatable bonds is 19. The average Bonchev–Trinajstić information content (AvgIpc) is 3.64. The molecule has 8 atom stereocenters. The van der Waals surface area contributed by atoms with E-state index in [0.29, 0.717) is 36.9 Å². The van der Waals surface area contributed by atoms with E-state index in [9.17, 15) is 38.7 Å². The predicted molar refractivity (Wildman–Crippen MR) is 206 cm³/mol. The lowest BCUT2D eigenvalue weighted by atomic mass is 9.96. The summed E-state index contributed by atoms with van der Waals surface area (Å²) in [5, 5.41) is 23.4. The highest BCUT2D eigenvalue weighted by atomic mass is 16.3. The van der Waals surface area contributed by atoms with Crippen molar-refractivity contribution in [3.63, 3.8) is 0 Å². The van der Waals surface area contributed by atoms with Crippen LogP contribution in [0, 0.1) is 11.8 Å². The van der Waals surface area contributed by atoms with Crippen LogP contribution >= 0.6 is 0 Å². The van der Waals surface area contributed by atoms with Crippen LogP contribution in [0.2, 0.25) is 0 Å². The number of nitrogens with one attached hydrogen (secondary N) is 5. The van der Waals surface area contributed by atoms with Crippen LogP contribution in [0.15, 0.2) is 54.6 Å². The summed E-state index contributed by atoms with van der Waals surface area (Å²) >= 11 is 0. The molecule has 55 heavy (non-hydrogen) atoms. The van der Waals surface area contributed by atoms with Gasteiger partial charge in [0.2, 0.25) is 35.4 Å². The second-order valence-electron chi connectivity index (χ2n) is 14.7. The van der Waals surface area contributed by atoms with Gasteiger partial charge in [0.1, 0.15) is 42.2 Å². The molecule has 300 valence electrons. The molecule has 1 heterocycles. The van der Waals surface area contributed by atoms with Crippen molar-refractivity contribution in [3.05, 3.63) is 65.7 Å². The molecule has 0 spiro atoms. The minimum absolute atomic E-state index is 0.00875. The van der Waals surface area contributed by atoms with Crippen LogP contribution in [0.1, 0.15) is 71.9 Å². The molecule has 1 fully saturated rings. The molecule has 15 nitrogen and oxygen atoms in total. The lowest BCUT2D eigenvalue weighted by molar-refractivity contribution is -0.140. The van der Waals surface area contributed by atoms with Gasteiger partial charge in [0.15, 0.2) is 0 Å². The van der Waals surface area contributed by atoms with Gasteiger partial charge in [-0.1, -0.05) is 76.6 Å². The number of nitrogens with two attached hydrogens (primary N) is 1. The first-order valence-corrected chi connectivity index (χ1v) is 18.9. The summed E-state index contributed by atoms with van der Waals surface area (Å²) in [5.41, 5.74) is 6.97. The first-order chi connectivity index (χ1) is 26.1. The summed E-state index contributed by atoms with van der Waals surface area (Å²) in [6.45, 7) is 10.5. The number of carbonyl (C=O) groups excluding carboxylic acids is 7. The summed E-state index contributed by atoms with van der Waals surface area (Å²) in [4.78, 5) is 94.3. The molecule has 0 aliphatic carbocycles. The maximum atomic E-state index is 14.2. The van der Waals surface area contributed by atoms with Crippen molar-refractivity contribution in [3.8, 4) is 5.75 Å². The third-order valence-corrected chi connectivity index (χ3v) is 9.85. The molecule has 3 rings (SSSR count). The summed E-state index contributed by atoms with van der Waals surface area (Å²) < 4.78 is 0. The highest BCUT2D eigenvalue weighted by molar-refractivity contribution is 5.97. The largest absolute Gasteiger partial charge is 0.508 e. The second-order valence-corrected chi connectivity index (χ2v) is 14.7. The Morgan fingerprint density at radius 2 is 1.29 bits per heavy atom. The van der Waals surface area contributed by atoms with Gasteiger partial charge in [-0.2, -0.15) is 0 Å². The number of aldehydes is 1. The van der Waals surface area contributed by atoms with E-state index in [1.165, 1.54) is 30.9 Å². The Labute approximate surface area is 322 Å². The molecule has 2 aromatic carbocycles. The summed E-state index contributed by atoms with van der Waals surface area (Å²) in [5.74, 6) is -4.20. The first kappa shape index (κ1) is 44.1. The zero-order valence-corrected chi connectivity index (χ0v) is 32.5. The molecule has 6 amide bonds. The third-order valence-electron chi connectivity index (χ3n) is 9.85. The number of hydrogen-bond donors (Lipinski definition) is 7. The molecule has 1 aliphatic rings. The fourth-order valence-electron chi connectivity index (χ4n) is 6.22. The van der Waals surface area contributed by atoms with E-state index in [0.717, 1.165) is 6.29 Å². The van der Waals surface area contributed by atoms with Crippen LogP contribution in [0.3, 0.4) is 0 Å². The van der Waals surface area contributed by atoms with Crippen molar-refractivity contribution in [1.82, 2.24) is 31.5 Å². The Morgan fingerprint density at radius 3 is 1.84 bits per heavy atom. The second kappa shape index (κ2) is 21.0. The molecular formula is C40H57N7O8. The molecule has 8 N–H and O–H groups in total. The first-order valence-electron chi connectivity index (χ1n) is 18.9. The fraction of sp³-hybridized carbons (Fsp3) is 0.525. The Bertz CT molecular complexity index is 1640. The average molecular weight is 764 g/mol. The smallest absolute Gasteiger partial charge is 0.246 e. The highest BCUT2D eigenvalue weighted by Crippen LogP contribution is 2.21. The van der Waals surface area contributed by atoms with Crippen LogP contribution in [0.4, 0.5) is 0 Å². The number of carbonyl (C=O) groups is 7.